The smallest absolute Gasteiger partial charge is 0.234 e. The number of amides is 1. The van der Waals surface area contributed by atoms with Gasteiger partial charge in [0.1, 0.15) is 0 Å². The van der Waals surface area contributed by atoms with Crippen LogP contribution < -0.4 is 5.73 Å². The van der Waals surface area contributed by atoms with Gasteiger partial charge >= 0.3 is 0 Å². The second kappa shape index (κ2) is 4.55. The van der Waals surface area contributed by atoms with Crippen LogP contribution in [0.1, 0.15) is 18.1 Å². The van der Waals surface area contributed by atoms with Gasteiger partial charge in [-0.15, -0.1) is 0 Å². The summed E-state index contributed by atoms with van der Waals surface area (Å²) in [5.41, 5.74) is 7.97. The van der Waals surface area contributed by atoms with Crippen molar-refractivity contribution in [3.05, 3.63) is 33.8 Å². The molecule has 0 saturated heterocycles. The second-order valence-electron chi connectivity index (χ2n) is 4.18. The zero-order chi connectivity index (χ0) is 11.7. The van der Waals surface area contributed by atoms with Crippen LogP contribution in [0.4, 0.5) is 0 Å². The van der Waals surface area contributed by atoms with Crippen LogP contribution in [0.25, 0.3) is 0 Å². The van der Waals surface area contributed by atoms with Crippen molar-refractivity contribution in [1.82, 2.24) is 4.90 Å². The summed E-state index contributed by atoms with van der Waals surface area (Å²) < 4.78 is 1.16. The quantitative estimate of drug-likeness (QED) is 0.897. The highest BCUT2D eigenvalue weighted by atomic mass is 79.9. The fraction of sp³-hybridized carbons (Fsp3) is 0.417. The van der Waals surface area contributed by atoms with Crippen LogP contribution in [0.15, 0.2) is 22.7 Å². The maximum atomic E-state index is 11.1. The summed E-state index contributed by atoms with van der Waals surface area (Å²) in [6, 6.07) is 6.01. The molecule has 1 aromatic carbocycles. The van der Waals surface area contributed by atoms with Crippen molar-refractivity contribution >= 4 is 21.8 Å². The Kier molecular flexibility index (Phi) is 3.30. The third-order valence-corrected chi connectivity index (χ3v) is 3.94. The van der Waals surface area contributed by atoms with E-state index in [-0.39, 0.29) is 11.9 Å². The summed E-state index contributed by atoms with van der Waals surface area (Å²) in [7, 11) is 0. The molecule has 1 amide bonds. The first-order valence-corrected chi connectivity index (χ1v) is 6.18. The summed E-state index contributed by atoms with van der Waals surface area (Å²) in [6.45, 7) is 3.56. The van der Waals surface area contributed by atoms with E-state index in [1.54, 1.807) is 0 Å². The van der Waals surface area contributed by atoms with Gasteiger partial charge in [-0.1, -0.05) is 28.1 Å². The monoisotopic (exact) mass is 282 g/mol. The number of hydrogen-bond donors (Lipinski definition) is 1. The van der Waals surface area contributed by atoms with Crippen molar-refractivity contribution in [3.63, 3.8) is 0 Å². The maximum absolute atomic E-state index is 11.1. The van der Waals surface area contributed by atoms with Crippen LogP contribution in [0, 0.1) is 0 Å². The largest absolute Gasteiger partial charge is 0.368 e. The Bertz CT molecular complexity index is 419. The van der Waals surface area contributed by atoms with Crippen LogP contribution in [-0.4, -0.2) is 23.4 Å². The molecule has 1 unspecified atom stereocenters. The zero-order valence-corrected chi connectivity index (χ0v) is 10.8. The number of benzene rings is 1. The lowest BCUT2D eigenvalue weighted by molar-refractivity contribution is -0.123. The highest BCUT2D eigenvalue weighted by Crippen LogP contribution is 2.26. The number of nitrogens with zero attached hydrogens (tertiary/aromatic N) is 1. The van der Waals surface area contributed by atoms with Gasteiger partial charge in [-0.05, 0) is 30.5 Å². The minimum atomic E-state index is -0.251. The van der Waals surface area contributed by atoms with E-state index in [2.05, 4.69) is 33.0 Å². The van der Waals surface area contributed by atoms with E-state index in [4.69, 9.17) is 5.73 Å². The number of primary amides is 1. The SMILES string of the molecule is CC(C(N)=O)N1CCc2c(Br)cccc2C1. The fourth-order valence-corrected chi connectivity index (χ4v) is 2.70. The molecule has 0 aliphatic carbocycles. The highest BCUT2D eigenvalue weighted by Gasteiger charge is 2.24. The molecule has 0 fully saturated rings. The molecule has 1 heterocycles. The van der Waals surface area contributed by atoms with E-state index in [1.807, 2.05) is 13.0 Å². The van der Waals surface area contributed by atoms with Gasteiger partial charge in [-0.25, -0.2) is 0 Å². The first-order valence-electron chi connectivity index (χ1n) is 5.39. The minimum absolute atomic E-state index is 0.188. The Labute approximate surface area is 104 Å². The minimum Gasteiger partial charge on any atom is -0.368 e. The Morgan fingerprint density at radius 3 is 3.00 bits per heavy atom. The number of hydrogen-bond acceptors (Lipinski definition) is 2. The average molecular weight is 283 g/mol. The van der Waals surface area contributed by atoms with E-state index in [9.17, 15) is 4.79 Å². The molecule has 86 valence electrons. The van der Waals surface area contributed by atoms with E-state index >= 15 is 0 Å². The van der Waals surface area contributed by atoms with Crippen molar-refractivity contribution in [3.8, 4) is 0 Å². The lowest BCUT2D eigenvalue weighted by Gasteiger charge is -2.32. The summed E-state index contributed by atoms with van der Waals surface area (Å²) in [5.74, 6) is -0.251. The van der Waals surface area contributed by atoms with Crippen molar-refractivity contribution in [1.29, 1.82) is 0 Å². The van der Waals surface area contributed by atoms with Crippen molar-refractivity contribution in [2.24, 2.45) is 5.73 Å². The number of rotatable bonds is 2. The molecular weight excluding hydrogens is 268 g/mol. The number of fused-ring (bicyclic) bond motifs is 1. The Morgan fingerprint density at radius 1 is 1.56 bits per heavy atom. The number of carbonyl (C=O) groups excluding carboxylic acids is 1. The summed E-state index contributed by atoms with van der Waals surface area (Å²) in [5, 5.41) is 0. The molecule has 16 heavy (non-hydrogen) atoms. The normalized spacial score (nSPS) is 17.9. The van der Waals surface area contributed by atoms with Gasteiger partial charge in [-0.3, -0.25) is 9.69 Å². The van der Waals surface area contributed by atoms with Crippen LogP contribution in [0.2, 0.25) is 0 Å². The summed E-state index contributed by atoms with van der Waals surface area (Å²) >= 11 is 3.56. The van der Waals surface area contributed by atoms with Crippen LogP contribution >= 0.6 is 15.9 Å². The molecule has 2 N–H and O–H groups in total. The number of halogens is 1. The van der Waals surface area contributed by atoms with Gasteiger partial charge < -0.3 is 5.73 Å². The molecule has 1 aliphatic heterocycles. The third-order valence-electron chi connectivity index (χ3n) is 3.20. The van der Waals surface area contributed by atoms with Crippen LogP contribution in [-0.2, 0) is 17.8 Å². The van der Waals surface area contributed by atoms with E-state index in [0.29, 0.717) is 0 Å². The molecule has 0 aromatic heterocycles. The second-order valence-corrected chi connectivity index (χ2v) is 5.03. The Hall–Kier alpha value is -0.870. The van der Waals surface area contributed by atoms with Gasteiger partial charge in [0.25, 0.3) is 0 Å². The summed E-state index contributed by atoms with van der Waals surface area (Å²) in [4.78, 5) is 13.3. The zero-order valence-electron chi connectivity index (χ0n) is 9.24. The number of carbonyl (C=O) groups is 1. The van der Waals surface area contributed by atoms with Crippen molar-refractivity contribution in [2.75, 3.05) is 6.54 Å². The van der Waals surface area contributed by atoms with Gasteiger partial charge in [-0.2, -0.15) is 0 Å². The molecule has 0 bridgehead atoms. The molecule has 1 aliphatic rings. The molecule has 0 spiro atoms. The molecule has 1 aromatic rings. The van der Waals surface area contributed by atoms with Gasteiger partial charge in [0.15, 0.2) is 0 Å². The van der Waals surface area contributed by atoms with Crippen molar-refractivity contribution < 1.29 is 4.79 Å². The van der Waals surface area contributed by atoms with Crippen molar-refractivity contribution in [2.45, 2.75) is 25.9 Å². The molecular formula is C12H15BrN2O. The highest BCUT2D eigenvalue weighted by molar-refractivity contribution is 9.10. The standard InChI is InChI=1S/C12H15BrN2O/c1-8(12(14)16)15-6-5-10-9(7-15)3-2-4-11(10)13/h2-4,8H,5-7H2,1H3,(H2,14,16). The first kappa shape index (κ1) is 11.6. The fourth-order valence-electron chi connectivity index (χ4n) is 2.10. The summed E-state index contributed by atoms with van der Waals surface area (Å²) in [6.07, 6.45) is 0.967. The van der Waals surface area contributed by atoms with E-state index < -0.39 is 0 Å². The molecule has 4 heteroatoms. The van der Waals surface area contributed by atoms with E-state index in [0.717, 1.165) is 24.0 Å². The van der Waals surface area contributed by atoms with Crippen LogP contribution in [0.5, 0.6) is 0 Å². The predicted molar refractivity (Wildman–Crippen MR) is 66.9 cm³/mol. The lowest BCUT2D eigenvalue weighted by atomic mass is 9.99. The number of nitrogens with two attached hydrogens (primary N) is 1. The van der Waals surface area contributed by atoms with Gasteiger partial charge in [0.2, 0.25) is 5.91 Å². The predicted octanol–water partition coefficient (Wildman–Crippen LogP) is 1.68. The van der Waals surface area contributed by atoms with E-state index in [1.165, 1.54) is 11.1 Å². The molecule has 1 atom stereocenters. The van der Waals surface area contributed by atoms with Crippen LogP contribution in [0.3, 0.4) is 0 Å². The van der Waals surface area contributed by atoms with Gasteiger partial charge in [0.05, 0.1) is 6.04 Å². The third kappa shape index (κ3) is 2.13. The maximum Gasteiger partial charge on any atom is 0.234 e. The Balaban J connectivity index is 2.21. The lowest BCUT2D eigenvalue weighted by Crippen LogP contribution is -2.45. The average Bonchev–Trinajstić information content (AvgIpc) is 2.28. The van der Waals surface area contributed by atoms with Gasteiger partial charge in [0, 0.05) is 17.6 Å². The topological polar surface area (TPSA) is 46.3 Å². The first-order chi connectivity index (χ1) is 7.59. The molecule has 3 nitrogen and oxygen atoms in total. The Morgan fingerprint density at radius 2 is 2.31 bits per heavy atom. The molecule has 0 saturated carbocycles. The molecule has 0 radical (unpaired) electrons. The molecule has 2 rings (SSSR count).